The molecule has 1 N–H and O–H groups in total. The lowest BCUT2D eigenvalue weighted by Gasteiger charge is -2.07. The van der Waals surface area contributed by atoms with Crippen molar-refractivity contribution in [3.05, 3.63) is 62.6 Å². The molecule has 0 unspecified atom stereocenters. The number of halogens is 2. The number of aromatic nitrogens is 2. The molecular weight excluding hydrogens is 323 g/mol. The molecule has 3 aromatic rings. The van der Waals surface area contributed by atoms with Gasteiger partial charge in [0.05, 0.1) is 16.5 Å². The van der Waals surface area contributed by atoms with E-state index in [0.29, 0.717) is 20.9 Å². The highest BCUT2D eigenvalue weighted by Gasteiger charge is 2.13. The Morgan fingerprint density at radius 2 is 1.95 bits per heavy atom. The second-order valence-electron chi connectivity index (χ2n) is 4.47. The molecule has 20 heavy (non-hydrogen) atoms. The number of fused-ring (bicyclic) bond motifs is 1. The molecule has 3 rings (SSSR count). The average Bonchev–Trinajstić information content (AvgIpc) is 2.45. The highest BCUT2D eigenvalue weighted by molar-refractivity contribution is 9.10. The fourth-order valence-corrected chi connectivity index (χ4v) is 2.36. The van der Waals surface area contributed by atoms with Crippen molar-refractivity contribution in [2.75, 3.05) is 0 Å². The third-order valence-electron chi connectivity index (χ3n) is 3.19. The summed E-state index contributed by atoms with van der Waals surface area (Å²) in [4.78, 5) is 19.0. The molecule has 0 saturated heterocycles. The first kappa shape index (κ1) is 13.0. The lowest BCUT2D eigenvalue weighted by molar-refractivity contribution is 0.619. The normalized spacial score (nSPS) is 10.9. The van der Waals surface area contributed by atoms with Crippen molar-refractivity contribution in [3.8, 4) is 11.4 Å². The van der Waals surface area contributed by atoms with Crippen LogP contribution in [0.15, 0.2) is 45.7 Å². The molecule has 2 aromatic carbocycles. The van der Waals surface area contributed by atoms with E-state index in [4.69, 9.17) is 0 Å². The minimum absolute atomic E-state index is 0.238. The van der Waals surface area contributed by atoms with Gasteiger partial charge in [-0.1, -0.05) is 28.1 Å². The SMILES string of the molecule is Cc1c(Br)ccc(-c2nc3ccccc3c(=O)[nH]2)c1F. The average molecular weight is 333 g/mol. The van der Waals surface area contributed by atoms with E-state index >= 15 is 0 Å². The number of hydrogen-bond donors (Lipinski definition) is 1. The molecular formula is C15H10BrFN2O. The maximum atomic E-state index is 14.3. The number of rotatable bonds is 1. The smallest absolute Gasteiger partial charge is 0.259 e. The molecule has 0 aliphatic carbocycles. The molecule has 0 atom stereocenters. The molecule has 5 heteroatoms. The molecule has 0 spiro atoms. The van der Waals surface area contributed by atoms with Crippen LogP contribution in [-0.2, 0) is 0 Å². The zero-order valence-electron chi connectivity index (χ0n) is 10.6. The first-order valence-corrected chi connectivity index (χ1v) is 6.81. The number of para-hydroxylation sites is 1. The summed E-state index contributed by atoms with van der Waals surface area (Å²) in [5, 5.41) is 0.491. The molecule has 0 saturated carbocycles. The van der Waals surface area contributed by atoms with Gasteiger partial charge in [0, 0.05) is 4.47 Å². The van der Waals surface area contributed by atoms with E-state index in [-0.39, 0.29) is 16.9 Å². The predicted molar refractivity (Wildman–Crippen MR) is 80.2 cm³/mol. The van der Waals surface area contributed by atoms with Gasteiger partial charge in [0.2, 0.25) is 0 Å². The van der Waals surface area contributed by atoms with Crippen molar-refractivity contribution in [3.63, 3.8) is 0 Å². The number of aromatic amines is 1. The maximum Gasteiger partial charge on any atom is 0.259 e. The fraction of sp³-hybridized carbons (Fsp3) is 0.0667. The molecule has 0 aliphatic rings. The summed E-state index contributed by atoms with van der Waals surface area (Å²) in [5.41, 5.74) is 1.05. The van der Waals surface area contributed by atoms with Gasteiger partial charge in [-0.2, -0.15) is 0 Å². The van der Waals surface area contributed by atoms with Gasteiger partial charge in [-0.25, -0.2) is 9.37 Å². The number of H-pyrrole nitrogens is 1. The van der Waals surface area contributed by atoms with Gasteiger partial charge in [0.25, 0.3) is 5.56 Å². The van der Waals surface area contributed by atoms with E-state index in [1.807, 2.05) is 0 Å². The van der Waals surface area contributed by atoms with Crippen molar-refractivity contribution < 1.29 is 4.39 Å². The van der Waals surface area contributed by atoms with Crippen LogP contribution in [0.5, 0.6) is 0 Å². The van der Waals surface area contributed by atoms with Crippen LogP contribution in [0, 0.1) is 12.7 Å². The van der Waals surface area contributed by atoms with E-state index in [9.17, 15) is 9.18 Å². The molecule has 0 fully saturated rings. The fourth-order valence-electron chi connectivity index (χ4n) is 2.06. The Labute approximate surface area is 122 Å². The van der Waals surface area contributed by atoms with Crippen LogP contribution in [0.1, 0.15) is 5.56 Å². The Kier molecular flexibility index (Phi) is 3.14. The Morgan fingerprint density at radius 3 is 2.75 bits per heavy atom. The predicted octanol–water partition coefficient (Wildman–Crippen LogP) is 3.80. The molecule has 1 aromatic heterocycles. The standard InChI is InChI=1S/C15H10BrFN2O/c1-8-11(16)7-6-10(13(8)17)14-18-12-5-3-2-4-9(12)15(20)19-14/h2-7H,1H3,(H,18,19,20). The Hall–Kier alpha value is -2.01. The van der Waals surface area contributed by atoms with Crippen LogP contribution in [0.3, 0.4) is 0 Å². The van der Waals surface area contributed by atoms with Crippen molar-refractivity contribution in [1.29, 1.82) is 0 Å². The summed E-state index contributed by atoms with van der Waals surface area (Å²) in [6, 6.07) is 10.3. The molecule has 0 radical (unpaired) electrons. The summed E-state index contributed by atoms with van der Waals surface area (Å²) >= 11 is 3.27. The molecule has 0 aliphatic heterocycles. The van der Waals surface area contributed by atoms with Crippen LogP contribution in [0.4, 0.5) is 4.39 Å². The quantitative estimate of drug-likeness (QED) is 0.736. The highest BCUT2D eigenvalue weighted by atomic mass is 79.9. The lowest BCUT2D eigenvalue weighted by Crippen LogP contribution is -2.10. The number of nitrogens with one attached hydrogen (secondary N) is 1. The van der Waals surface area contributed by atoms with Crippen molar-refractivity contribution in [1.82, 2.24) is 9.97 Å². The van der Waals surface area contributed by atoms with Gasteiger partial charge < -0.3 is 4.98 Å². The van der Waals surface area contributed by atoms with Gasteiger partial charge in [-0.3, -0.25) is 4.79 Å². The van der Waals surface area contributed by atoms with Crippen molar-refractivity contribution in [2.24, 2.45) is 0 Å². The van der Waals surface area contributed by atoms with Crippen LogP contribution < -0.4 is 5.56 Å². The van der Waals surface area contributed by atoms with Gasteiger partial charge in [-0.05, 0) is 36.8 Å². The first-order valence-electron chi connectivity index (χ1n) is 6.02. The summed E-state index contributed by atoms with van der Waals surface area (Å²) < 4.78 is 15.0. The summed E-state index contributed by atoms with van der Waals surface area (Å²) in [6.45, 7) is 1.67. The zero-order chi connectivity index (χ0) is 14.3. The summed E-state index contributed by atoms with van der Waals surface area (Å²) in [5.74, 6) is -0.153. The Morgan fingerprint density at radius 1 is 1.20 bits per heavy atom. The monoisotopic (exact) mass is 332 g/mol. The van der Waals surface area contributed by atoms with Crippen LogP contribution in [0.2, 0.25) is 0 Å². The molecule has 1 heterocycles. The van der Waals surface area contributed by atoms with E-state index in [1.165, 1.54) is 0 Å². The van der Waals surface area contributed by atoms with Crippen LogP contribution >= 0.6 is 15.9 Å². The van der Waals surface area contributed by atoms with Crippen LogP contribution in [-0.4, -0.2) is 9.97 Å². The highest BCUT2D eigenvalue weighted by Crippen LogP contribution is 2.27. The second kappa shape index (κ2) is 4.83. The first-order chi connectivity index (χ1) is 9.58. The number of benzene rings is 2. The third-order valence-corrected chi connectivity index (χ3v) is 4.05. The minimum Gasteiger partial charge on any atom is -0.306 e. The van der Waals surface area contributed by atoms with Gasteiger partial charge in [0.1, 0.15) is 11.6 Å². The van der Waals surface area contributed by atoms with E-state index in [2.05, 4.69) is 25.9 Å². The van der Waals surface area contributed by atoms with Crippen LogP contribution in [0.25, 0.3) is 22.3 Å². The summed E-state index contributed by atoms with van der Waals surface area (Å²) in [7, 11) is 0. The molecule has 3 nitrogen and oxygen atoms in total. The number of hydrogen-bond acceptors (Lipinski definition) is 2. The Balaban J connectivity index is 2.31. The summed E-state index contributed by atoms with van der Waals surface area (Å²) in [6.07, 6.45) is 0. The topological polar surface area (TPSA) is 45.8 Å². The van der Waals surface area contributed by atoms with E-state index < -0.39 is 5.82 Å². The molecule has 100 valence electrons. The maximum absolute atomic E-state index is 14.3. The molecule has 0 amide bonds. The zero-order valence-corrected chi connectivity index (χ0v) is 12.2. The second-order valence-corrected chi connectivity index (χ2v) is 5.32. The van der Waals surface area contributed by atoms with Crippen molar-refractivity contribution in [2.45, 2.75) is 6.92 Å². The third kappa shape index (κ3) is 2.04. The van der Waals surface area contributed by atoms with Crippen molar-refractivity contribution >= 4 is 26.8 Å². The van der Waals surface area contributed by atoms with Gasteiger partial charge in [0.15, 0.2) is 0 Å². The molecule has 0 bridgehead atoms. The minimum atomic E-state index is -0.391. The van der Waals surface area contributed by atoms with E-state index in [1.54, 1.807) is 43.3 Å². The van der Waals surface area contributed by atoms with Gasteiger partial charge >= 0.3 is 0 Å². The lowest BCUT2D eigenvalue weighted by atomic mass is 10.1. The number of nitrogens with zero attached hydrogens (tertiary/aromatic N) is 1. The Bertz CT molecular complexity index is 873. The largest absolute Gasteiger partial charge is 0.306 e. The van der Waals surface area contributed by atoms with E-state index in [0.717, 1.165) is 0 Å². The van der Waals surface area contributed by atoms with Gasteiger partial charge in [-0.15, -0.1) is 0 Å².